The smallest absolute Gasteiger partial charge is 0.359 e. The lowest BCUT2D eigenvalue weighted by molar-refractivity contribution is 0.264. The SMILES string of the molecule is CCOC(=S)OC(=S)SCC. The van der Waals surface area contributed by atoms with Crippen LogP contribution in [0.5, 0.6) is 0 Å². The van der Waals surface area contributed by atoms with E-state index in [9.17, 15) is 0 Å². The number of thioether (sulfide) groups is 1. The van der Waals surface area contributed by atoms with Gasteiger partial charge in [0.25, 0.3) is 0 Å². The highest BCUT2D eigenvalue weighted by molar-refractivity contribution is 8.22. The summed E-state index contributed by atoms with van der Waals surface area (Å²) < 4.78 is 10.2. The molecule has 0 aromatic rings. The predicted molar refractivity (Wildman–Crippen MR) is 56.0 cm³/mol. The average Bonchev–Trinajstić information content (AvgIpc) is 1.87. The molecule has 0 aromatic carbocycles. The van der Waals surface area contributed by atoms with Gasteiger partial charge < -0.3 is 9.47 Å². The molecule has 64 valence electrons. The van der Waals surface area contributed by atoms with Gasteiger partial charge in [0.2, 0.25) is 4.38 Å². The van der Waals surface area contributed by atoms with Gasteiger partial charge in [-0.2, -0.15) is 0 Å². The van der Waals surface area contributed by atoms with Gasteiger partial charge in [-0.3, -0.25) is 0 Å². The van der Waals surface area contributed by atoms with Crippen LogP contribution in [0.4, 0.5) is 0 Å². The third kappa shape index (κ3) is 6.52. The molecule has 0 saturated heterocycles. The van der Waals surface area contributed by atoms with Crippen LogP contribution >= 0.6 is 36.2 Å². The van der Waals surface area contributed by atoms with Crippen molar-refractivity contribution in [2.45, 2.75) is 13.8 Å². The van der Waals surface area contributed by atoms with E-state index in [0.717, 1.165) is 5.75 Å². The molecule has 0 heterocycles. The van der Waals surface area contributed by atoms with E-state index in [1.54, 1.807) is 0 Å². The lowest BCUT2D eigenvalue weighted by Gasteiger charge is -2.05. The molecule has 0 spiro atoms. The fraction of sp³-hybridized carbons (Fsp3) is 0.667. The van der Waals surface area contributed by atoms with Gasteiger partial charge in [-0.15, -0.1) is 0 Å². The molecule has 0 unspecified atom stereocenters. The third-order valence-corrected chi connectivity index (χ3v) is 1.94. The molecule has 0 aliphatic rings. The standard InChI is InChI=1S/C6H10O2S3/c1-3-7-5(9)8-6(10)11-4-2/h3-4H2,1-2H3. The second-order valence-electron chi connectivity index (χ2n) is 1.47. The Balaban J connectivity index is 3.49. The summed E-state index contributed by atoms with van der Waals surface area (Å²) in [6.07, 6.45) is 0. The number of ether oxygens (including phenoxy) is 2. The lowest BCUT2D eigenvalue weighted by atomic mass is 10.9. The van der Waals surface area contributed by atoms with E-state index in [-0.39, 0.29) is 5.24 Å². The van der Waals surface area contributed by atoms with Gasteiger partial charge in [0.05, 0.1) is 6.61 Å². The van der Waals surface area contributed by atoms with Crippen molar-refractivity contribution in [3.8, 4) is 0 Å². The van der Waals surface area contributed by atoms with Gasteiger partial charge in [-0.1, -0.05) is 18.7 Å². The van der Waals surface area contributed by atoms with Crippen molar-refractivity contribution in [3.63, 3.8) is 0 Å². The van der Waals surface area contributed by atoms with Crippen LogP contribution in [-0.4, -0.2) is 22.0 Å². The Morgan fingerprint density at radius 3 is 2.45 bits per heavy atom. The minimum absolute atomic E-state index is 0.110. The van der Waals surface area contributed by atoms with Crippen molar-refractivity contribution in [1.82, 2.24) is 0 Å². The van der Waals surface area contributed by atoms with Crippen LogP contribution < -0.4 is 0 Å². The molecule has 11 heavy (non-hydrogen) atoms. The van der Waals surface area contributed by atoms with Crippen LogP contribution in [0.2, 0.25) is 0 Å². The lowest BCUT2D eigenvalue weighted by Crippen LogP contribution is -2.09. The van der Waals surface area contributed by atoms with Crippen LogP contribution in [0.3, 0.4) is 0 Å². The summed E-state index contributed by atoms with van der Waals surface area (Å²) in [5, 5.41) is 0.110. The maximum absolute atomic E-state index is 4.93. The van der Waals surface area contributed by atoms with Crippen LogP contribution in [0.1, 0.15) is 13.8 Å². The van der Waals surface area contributed by atoms with Crippen LogP contribution in [-0.2, 0) is 9.47 Å². The molecule has 0 radical (unpaired) electrons. The molecule has 0 aliphatic heterocycles. The molecule has 2 nitrogen and oxygen atoms in total. The first-order valence-corrected chi connectivity index (χ1v) is 5.02. The zero-order valence-electron chi connectivity index (χ0n) is 6.46. The van der Waals surface area contributed by atoms with Gasteiger partial charge >= 0.3 is 5.24 Å². The quantitative estimate of drug-likeness (QED) is 0.649. The Bertz CT molecular complexity index is 131. The minimum Gasteiger partial charge on any atom is -0.457 e. The molecule has 0 fully saturated rings. The first-order valence-electron chi connectivity index (χ1n) is 3.22. The molecule has 0 atom stereocenters. The Hall–Kier alpha value is 0.130. The summed E-state index contributed by atoms with van der Waals surface area (Å²) in [4.78, 5) is 0. The fourth-order valence-corrected chi connectivity index (χ4v) is 1.47. The molecule has 5 heteroatoms. The summed E-state index contributed by atoms with van der Waals surface area (Å²) in [5.74, 6) is 0.883. The van der Waals surface area contributed by atoms with E-state index in [0.29, 0.717) is 11.0 Å². The molecular formula is C6H10O2S3. The fourth-order valence-electron chi connectivity index (χ4n) is 0.363. The van der Waals surface area contributed by atoms with Crippen molar-refractivity contribution in [1.29, 1.82) is 0 Å². The summed E-state index contributed by atoms with van der Waals surface area (Å²) >= 11 is 10.9. The first kappa shape index (κ1) is 11.1. The third-order valence-electron chi connectivity index (χ3n) is 0.691. The van der Waals surface area contributed by atoms with Crippen molar-refractivity contribution in [3.05, 3.63) is 0 Å². The topological polar surface area (TPSA) is 18.5 Å². The van der Waals surface area contributed by atoms with E-state index < -0.39 is 0 Å². The number of rotatable bonds is 2. The van der Waals surface area contributed by atoms with Gasteiger partial charge in [-0.05, 0) is 24.9 Å². The molecule has 0 bridgehead atoms. The molecule has 0 amide bonds. The Labute approximate surface area is 81.6 Å². The van der Waals surface area contributed by atoms with E-state index in [2.05, 4.69) is 0 Å². The molecule has 0 N–H and O–H groups in total. The highest BCUT2D eigenvalue weighted by Crippen LogP contribution is 2.05. The summed E-state index contributed by atoms with van der Waals surface area (Å²) in [6.45, 7) is 4.34. The number of hydrogen-bond donors (Lipinski definition) is 0. The van der Waals surface area contributed by atoms with E-state index in [1.165, 1.54) is 11.8 Å². The second-order valence-corrected chi connectivity index (χ2v) is 3.67. The predicted octanol–water partition coefficient (Wildman–Crippen LogP) is 2.36. The van der Waals surface area contributed by atoms with Crippen LogP contribution in [0, 0.1) is 0 Å². The van der Waals surface area contributed by atoms with Crippen LogP contribution in [0.15, 0.2) is 0 Å². The molecule has 0 aromatic heterocycles. The summed E-state index contributed by atoms with van der Waals surface area (Å²) in [5.41, 5.74) is 0. The van der Waals surface area contributed by atoms with Crippen molar-refractivity contribution in [2.24, 2.45) is 0 Å². The summed E-state index contributed by atoms with van der Waals surface area (Å²) in [7, 11) is 0. The maximum Gasteiger partial charge on any atom is 0.359 e. The van der Waals surface area contributed by atoms with Gasteiger partial charge in [-0.25, -0.2) is 0 Å². The largest absolute Gasteiger partial charge is 0.457 e. The molecule has 0 saturated carbocycles. The monoisotopic (exact) mass is 210 g/mol. The average molecular weight is 210 g/mol. The molecule has 0 aliphatic carbocycles. The maximum atomic E-state index is 4.93. The Morgan fingerprint density at radius 1 is 1.36 bits per heavy atom. The van der Waals surface area contributed by atoms with E-state index in [4.69, 9.17) is 33.9 Å². The zero-order valence-corrected chi connectivity index (χ0v) is 8.90. The Morgan fingerprint density at radius 2 is 2.00 bits per heavy atom. The van der Waals surface area contributed by atoms with Crippen molar-refractivity contribution >= 4 is 45.8 Å². The van der Waals surface area contributed by atoms with Gasteiger partial charge in [0.1, 0.15) is 0 Å². The highest BCUT2D eigenvalue weighted by Gasteiger charge is 2.01. The van der Waals surface area contributed by atoms with Crippen LogP contribution in [0.25, 0.3) is 0 Å². The number of thiocarbonyl (C=S) groups is 2. The van der Waals surface area contributed by atoms with Gasteiger partial charge in [0.15, 0.2) is 0 Å². The number of hydrogen-bond acceptors (Lipinski definition) is 5. The highest BCUT2D eigenvalue weighted by atomic mass is 32.2. The second kappa shape index (κ2) is 6.82. The zero-order chi connectivity index (χ0) is 8.69. The van der Waals surface area contributed by atoms with Crippen molar-refractivity contribution < 1.29 is 9.47 Å². The van der Waals surface area contributed by atoms with Crippen molar-refractivity contribution in [2.75, 3.05) is 12.4 Å². The Kier molecular flexibility index (Phi) is 6.90. The summed E-state index contributed by atoms with van der Waals surface area (Å²) in [6, 6.07) is 0. The van der Waals surface area contributed by atoms with E-state index in [1.807, 2.05) is 13.8 Å². The van der Waals surface area contributed by atoms with Gasteiger partial charge in [0, 0.05) is 12.2 Å². The van der Waals surface area contributed by atoms with E-state index >= 15 is 0 Å². The minimum atomic E-state index is 0.110. The molecular weight excluding hydrogens is 200 g/mol. The molecule has 0 rings (SSSR count). The normalized spacial score (nSPS) is 8.91. The first-order chi connectivity index (χ1) is 5.20.